The fourth-order valence-corrected chi connectivity index (χ4v) is 2.33. The third-order valence-electron chi connectivity index (χ3n) is 2.89. The minimum Gasteiger partial charge on any atom is -0.422 e. The summed E-state index contributed by atoms with van der Waals surface area (Å²) in [6.07, 6.45) is 3.10. The molecule has 1 heterocycles. The van der Waals surface area contributed by atoms with Crippen LogP contribution in [0.4, 0.5) is 0 Å². The molecular weight excluding hydrogens is 318 g/mol. The van der Waals surface area contributed by atoms with Crippen LogP contribution in [0, 0.1) is 0 Å². The fourth-order valence-electron chi connectivity index (χ4n) is 1.97. The van der Waals surface area contributed by atoms with Gasteiger partial charge in [0.05, 0.1) is 5.56 Å². The third kappa shape index (κ3) is 2.56. The van der Waals surface area contributed by atoms with Crippen LogP contribution in [0.3, 0.4) is 0 Å². The van der Waals surface area contributed by atoms with Crippen molar-refractivity contribution in [3.8, 4) is 5.75 Å². The number of halogens is 1. The Morgan fingerprint density at radius 1 is 1.05 bits per heavy atom. The summed E-state index contributed by atoms with van der Waals surface area (Å²) in [7, 11) is 0. The predicted molar refractivity (Wildman–Crippen MR) is 80.8 cm³/mol. The first-order valence-corrected chi connectivity index (χ1v) is 6.84. The zero-order valence-electron chi connectivity index (χ0n) is 10.4. The van der Waals surface area contributed by atoms with Crippen molar-refractivity contribution in [2.75, 3.05) is 0 Å². The fraction of sp³-hybridized carbons (Fsp3) is 0. The van der Waals surface area contributed by atoms with Gasteiger partial charge < -0.3 is 4.74 Å². The lowest BCUT2D eigenvalue weighted by molar-refractivity contribution is 0.0736. The molecule has 1 aromatic heterocycles. The third-order valence-corrected chi connectivity index (χ3v) is 3.33. The second-order valence-electron chi connectivity index (χ2n) is 4.26. The van der Waals surface area contributed by atoms with Gasteiger partial charge in [-0.3, -0.25) is 4.98 Å². The molecule has 0 bridgehead atoms. The monoisotopic (exact) mass is 327 g/mol. The molecule has 98 valence electrons. The second-order valence-corrected chi connectivity index (χ2v) is 5.17. The number of hydrogen-bond acceptors (Lipinski definition) is 3. The van der Waals surface area contributed by atoms with Crippen molar-refractivity contribution in [2.24, 2.45) is 0 Å². The van der Waals surface area contributed by atoms with Crippen LogP contribution in [0.1, 0.15) is 10.4 Å². The van der Waals surface area contributed by atoms with Gasteiger partial charge in [0.15, 0.2) is 0 Å². The highest BCUT2D eigenvalue weighted by Crippen LogP contribution is 2.26. The number of aromatic nitrogens is 1. The van der Waals surface area contributed by atoms with E-state index in [4.69, 9.17) is 4.74 Å². The average molecular weight is 328 g/mol. The Balaban J connectivity index is 1.95. The molecule has 0 saturated heterocycles. The van der Waals surface area contributed by atoms with Gasteiger partial charge in [-0.05, 0) is 33.4 Å². The number of nitrogens with zero attached hydrogens (tertiary/aromatic N) is 1. The molecule has 0 saturated carbocycles. The van der Waals surface area contributed by atoms with Crippen molar-refractivity contribution < 1.29 is 9.53 Å². The van der Waals surface area contributed by atoms with Crippen molar-refractivity contribution in [3.05, 3.63) is 71.0 Å². The first-order chi connectivity index (χ1) is 9.74. The van der Waals surface area contributed by atoms with Gasteiger partial charge in [-0.25, -0.2) is 4.79 Å². The molecule has 0 amide bonds. The van der Waals surface area contributed by atoms with E-state index in [0.29, 0.717) is 11.3 Å². The number of benzene rings is 2. The van der Waals surface area contributed by atoms with E-state index in [1.54, 1.807) is 18.3 Å². The summed E-state index contributed by atoms with van der Waals surface area (Å²) in [5.41, 5.74) is 0.410. The standard InChI is InChI=1S/C16H10BrNO2/c17-13-8-12(9-18-10-13)16(19)20-15-7-3-5-11-4-1-2-6-14(11)15/h1-10H. The molecule has 0 unspecified atom stereocenters. The number of ether oxygens (including phenoxy) is 1. The van der Waals surface area contributed by atoms with Crippen LogP contribution in [-0.2, 0) is 0 Å². The van der Waals surface area contributed by atoms with Crippen LogP contribution in [0.5, 0.6) is 5.75 Å². The molecule has 0 radical (unpaired) electrons. The lowest BCUT2D eigenvalue weighted by Gasteiger charge is -2.07. The molecule has 0 aliphatic heterocycles. The molecule has 0 aliphatic carbocycles. The first-order valence-electron chi connectivity index (χ1n) is 6.04. The van der Waals surface area contributed by atoms with E-state index in [1.165, 1.54) is 6.20 Å². The number of pyridine rings is 1. The number of esters is 1. The van der Waals surface area contributed by atoms with Crippen LogP contribution in [0.15, 0.2) is 65.4 Å². The summed E-state index contributed by atoms with van der Waals surface area (Å²) in [5, 5.41) is 1.94. The van der Waals surface area contributed by atoms with E-state index in [9.17, 15) is 4.79 Å². The molecule has 4 heteroatoms. The highest BCUT2D eigenvalue weighted by molar-refractivity contribution is 9.10. The first kappa shape index (κ1) is 12.8. The van der Waals surface area contributed by atoms with Crippen molar-refractivity contribution in [1.82, 2.24) is 4.98 Å². The molecule has 0 spiro atoms. The van der Waals surface area contributed by atoms with Gasteiger partial charge in [0.1, 0.15) is 5.75 Å². The van der Waals surface area contributed by atoms with Gasteiger partial charge >= 0.3 is 5.97 Å². The summed E-state index contributed by atoms with van der Waals surface area (Å²) in [6.45, 7) is 0. The van der Waals surface area contributed by atoms with Crippen LogP contribution in [0.2, 0.25) is 0 Å². The normalized spacial score (nSPS) is 10.4. The van der Waals surface area contributed by atoms with Gasteiger partial charge in [-0.1, -0.05) is 36.4 Å². The predicted octanol–water partition coefficient (Wildman–Crippen LogP) is 4.22. The summed E-state index contributed by atoms with van der Waals surface area (Å²) in [5.74, 6) is 0.128. The molecule has 3 rings (SSSR count). The van der Waals surface area contributed by atoms with Crippen molar-refractivity contribution in [2.45, 2.75) is 0 Å². The number of carbonyl (C=O) groups is 1. The van der Waals surface area contributed by atoms with Gasteiger partial charge in [0.2, 0.25) is 0 Å². The maximum Gasteiger partial charge on any atom is 0.345 e. The molecule has 2 aromatic carbocycles. The van der Waals surface area contributed by atoms with Crippen LogP contribution in [0.25, 0.3) is 10.8 Å². The van der Waals surface area contributed by atoms with Crippen LogP contribution in [-0.4, -0.2) is 11.0 Å². The minimum atomic E-state index is -0.421. The van der Waals surface area contributed by atoms with E-state index in [1.807, 2.05) is 36.4 Å². The lowest BCUT2D eigenvalue weighted by atomic mass is 10.1. The van der Waals surface area contributed by atoms with Gasteiger partial charge in [0, 0.05) is 22.3 Å². The van der Waals surface area contributed by atoms with Crippen molar-refractivity contribution in [1.29, 1.82) is 0 Å². The highest BCUT2D eigenvalue weighted by Gasteiger charge is 2.11. The average Bonchev–Trinajstić information content (AvgIpc) is 2.47. The quantitative estimate of drug-likeness (QED) is 0.522. The smallest absolute Gasteiger partial charge is 0.345 e. The molecule has 3 nitrogen and oxygen atoms in total. The number of carbonyl (C=O) groups excluding carboxylic acids is 1. The Labute approximate surface area is 124 Å². The zero-order chi connectivity index (χ0) is 13.9. The Morgan fingerprint density at radius 3 is 2.70 bits per heavy atom. The molecule has 0 N–H and O–H groups in total. The van der Waals surface area contributed by atoms with E-state index in [-0.39, 0.29) is 0 Å². The topological polar surface area (TPSA) is 39.2 Å². The van der Waals surface area contributed by atoms with E-state index in [0.717, 1.165) is 15.2 Å². The summed E-state index contributed by atoms with van der Waals surface area (Å²) < 4.78 is 6.21. The molecule has 20 heavy (non-hydrogen) atoms. The summed E-state index contributed by atoms with van der Waals surface area (Å²) >= 11 is 3.29. The number of fused-ring (bicyclic) bond motifs is 1. The van der Waals surface area contributed by atoms with Gasteiger partial charge in [-0.15, -0.1) is 0 Å². The zero-order valence-corrected chi connectivity index (χ0v) is 12.0. The number of rotatable bonds is 2. The maximum absolute atomic E-state index is 12.1. The van der Waals surface area contributed by atoms with Gasteiger partial charge in [-0.2, -0.15) is 0 Å². The molecular formula is C16H10BrNO2. The highest BCUT2D eigenvalue weighted by atomic mass is 79.9. The largest absolute Gasteiger partial charge is 0.422 e. The Bertz CT molecular complexity index is 781. The summed E-state index contributed by atoms with van der Waals surface area (Å²) in [4.78, 5) is 16.1. The Hall–Kier alpha value is -2.20. The van der Waals surface area contributed by atoms with Crippen molar-refractivity contribution in [3.63, 3.8) is 0 Å². The lowest BCUT2D eigenvalue weighted by Crippen LogP contribution is -2.09. The van der Waals surface area contributed by atoms with Crippen LogP contribution < -0.4 is 4.74 Å². The van der Waals surface area contributed by atoms with E-state index in [2.05, 4.69) is 20.9 Å². The number of hydrogen-bond donors (Lipinski definition) is 0. The molecule has 0 atom stereocenters. The Kier molecular flexibility index (Phi) is 3.48. The van der Waals surface area contributed by atoms with E-state index < -0.39 is 5.97 Å². The van der Waals surface area contributed by atoms with E-state index >= 15 is 0 Å². The molecule has 3 aromatic rings. The second kappa shape index (κ2) is 5.43. The maximum atomic E-state index is 12.1. The van der Waals surface area contributed by atoms with Gasteiger partial charge in [0.25, 0.3) is 0 Å². The Morgan fingerprint density at radius 2 is 1.85 bits per heavy atom. The SMILES string of the molecule is O=C(Oc1cccc2ccccc12)c1cncc(Br)c1. The molecule has 0 aliphatic rings. The molecule has 0 fully saturated rings. The minimum absolute atomic E-state index is 0.410. The van der Waals surface area contributed by atoms with Crippen molar-refractivity contribution >= 4 is 32.7 Å². The summed E-state index contributed by atoms with van der Waals surface area (Å²) in [6, 6.07) is 15.1. The van der Waals surface area contributed by atoms with Crippen LogP contribution >= 0.6 is 15.9 Å².